The van der Waals surface area contributed by atoms with Gasteiger partial charge in [-0.2, -0.15) is 0 Å². The Kier molecular flexibility index (Phi) is 4.71. The van der Waals surface area contributed by atoms with Crippen LogP contribution >= 0.6 is 12.2 Å². The molecule has 4 rings (SSSR count). The molecule has 5 heteroatoms. The minimum Gasteiger partial charge on any atom is -0.352 e. The molecule has 4 nitrogen and oxygen atoms in total. The molecule has 0 amide bonds. The molecule has 3 aromatic rings. The zero-order valence-electron chi connectivity index (χ0n) is 17.0. The average Bonchev–Trinajstić information content (AvgIpc) is 3.13. The van der Waals surface area contributed by atoms with Gasteiger partial charge in [0, 0.05) is 30.3 Å². The lowest BCUT2D eigenvalue weighted by Gasteiger charge is -2.28. The smallest absolute Gasteiger partial charge is 0.174 e. The predicted molar refractivity (Wildman–Crippen MR) is 119 cm³/mol. The summed E-state index contributed by atoms with van der Waals surface area (Å²) in [6, 6.07) is 15.0. The number of aryl methyl sites for hydroxylation is 3. The van der Waals surface area contributed by atoms with Crippen LogP contribution in [0.1, 0.15) is 45.9 Å². The summed E-state index contributed by atoms with van der Waals surface area (Å²) in [5, 5.41) is 4.29. The van der Waals surface area contributed by atoms with E-state index in [-0.39, 0.29) is 12.1 Å². The van der Waals surface area contributed by atoms with Crippen molar-refractivity contribution in [2.75, 3.05) is 4.90 Å². The van der Waals surface area contributed by atoms with Crippen LogP contribution in [-0.2, 0) is 7.05 Å². The first-order valence-electron chi connectivity index (χ1n) is 9.58. The Morgan fingerprint density at radius 2 is 1.71 bits per heavy atom. The summed E-state index contributed by atoms with van der Waals surface area (Å²) in [6.07, 6.45) is 1.85. The van der Waals surface area contributed by atoms with Crippen molar-refractivity contribution in [3.05, 3.63) is 82.4 Å². The van der Waals surface area contributed by atoms with E-state index in [0.717, 1.165) is 16.5 Å². The Bertz CT molecular complexity index is 1020. The van der Waals surface area contributed by atoms with E-state index < -0.39 is 0 Å². The standard InChI is InChI=1S/C23H26N4S/c1-14-10-15(2)12-18(11-14)27-22(19-13-16(3)26(5)17(19)4)21(25-23(27)28)20-8-6-7-9-24-20/h6-13,21-22H,1-5H3,(H,25,28)/t21-,22+/m0/s1. The highest BCUT2D eigenvalue weighted by atomic mass is 32.1. The fourth-order valence-corrected chi connectivity index (χ4v) is 4.57. The Morgan fingerprint density at radius 1 is 1.00 bits per heavy atom. The van der Waals surface area contributed by atoms with Gasteiger partial charge in [0.05, 0.1) is 17.8 Å². The van der Waals surface area contributed by atoms with Gasteiger partial charge in [0.15, 0.2) is 5.11 Å². The maximum Gasteiger partial charge on any atom is 0.174 e. The van der Waals surface area contributed by atoms with Crippen LogP contribution in [0.2, 0.25) is 0 Å². The monoisotopic (exact) mass is 390 g/mol. The molecule has 1 N–H and O–H groups in total. The molecule has 2 atom stereocenters. The van der Waals surface area contributed by atoms with Crippen LogP contribution in [0.5, 0.6) is 0 Å². The maximum absolute atomic E-state index is 5.83. The van der Waals surface area contributed by atoms with Gasteiger partial charge in [0.1, 0.15) is 0 Å². The molecule has 0 spiro atoms. The number of anilines is 1. The number of rotatable bonds is 3. The lowest BCUT2D eigenvalue weighted by Crippen LogP contribution is -2.29. The van der Waals surface area contributed by atoms with Gasteiger partial charge in [-0.25, -0.2) is 0 Å². The molecule has 28 heavy (non-hydrogen) atoms. The second-order valence-corrected chi connectivity index (χ2v) is 8.11. The number of pyridine rings is 1. The van der Waals surface area contributed by atoms with E-state index in [1.54, 1.807) is 0 Å². The van der Waals surface area contributed by atoms with Gasteiger partial charge >= 0.3 is 0 Å². The molecule has 1 aromatic carbocycles. The Balaban J connectivity index is 1.90. The number of nitrogens with zero attached hydrogens (tertiary/aromatic N) is 3. The van der Waals surface area contributed by atoms with Crippen LogP contribution in [-0.4, -0.2) is 14.7 Å². The molecule has 2 aromatic heterocycles. The van der Waals surface area contributed by atoms with Crippen molar-refractivity contribution in [3.63, 3.8) is 0 Å². The quantitative estimate of drug-likeness (QED) is 0.649. The first kappa shape index (κ1) is 18.7. The molecule has 0 aliphatic carbocycles. The van der Waals surface area contributed by atoms with E-state index in [9.17, 15) is 0 Å². The summed E-state index contributed by atoms with van der Waals surface area (Å²) >= 11 is 5.83. The zero-order valence-corrected chi connectivity index (χ0v) is 17.8. The molecule has 0 radical (unpaired) electrons. The highest BCUT2D eigenvalue weighted by Gasteiger charge is 2.42. The molecule has 3 heterocycles. The summed E-state index contributed by atoms with van der Waals surface area (Å²) in [6.45, 7) is 8.59. The van der Waals surface area contributed by atoms with E-state index in [2.05, 4.69) is 84.8 Å². The first-order valence-corrected chi connectivity index (χ1v) is 9.99. The molecule has 144 valence electrons. The van der Waals surface area contributed by atoms with Gasteiger partial charge in [-0.1, -0.05) is 12.1 Å². The number of hydrogen-bond donors (Lipinski definition) is 1. The van der Waals surface area contributed by atoms with Gasteiger partial charge in [0.2, 0.25) is 0 Å². The van der Waals surface area contributed by atoms with Crippen LogP contribution in [0.25, 0.3) is 0 Å². The van der Waals surface area contributed by atoms with Crippen molar-refractivity contribution in [3.8, 4) is 0 Å². The fourth-order valence-electron chi connectivity index (χ4n) is 4.22. The summed E-state index contributed by atoms with van der Waals surface area (Å²) in [5.41, 5.74) is 8.37. The molecular weight excluding hydrogens is 364 g/mol. The van der Waals surface area contributed by atoms with Gasteiger partial charge < -0.3 is 14.8 Å². The predicted octanol–water partition coefficient (Wildman–Crippen LogP) is 4.83. The SMILES string of the molecule is Cc1cc(C)cc(N2C(=S)N[C@@H](c3ccccn3)[C@H]2c2cc(C)n(C)c2C)c1. The maximum atomic E-state index is 5.83. The molecule has 1 saturated heterocycles. The van der Waals surface area contributed by atoms with E-state index in [1.165, 1.54) is 28.1 Å². The van der Waals surface area contributed by atoms with Crippen molar-refractivity contribution >= 4 is 23.0 Å². The van der Waals surface area contributed by atoms with Crippen LogP contribution in [0.3, 0.4) is 0 Å². The van der Waals surface area contributed by atoms with Gasteiger partial charge in [0.25, 0.3) is 0 Å². The molecule has 1 aliphatic heterocycles. The first-order chi connectivity index (χ1) is 13.4. The molecule has 0 saturated carbocycles. The molecule has 1 fully saturated rings. The minimum absolute atomic E-state index is 0.00461. The van der Waals surface area contributed by atoms with Crippen molar-refractivity contribution in [2.24, 2.45) is 7.05 Å². The fraction of sp³-hybridized carbons (Fsp3) is 0.304. The normalized spacial score (nSPS) is 19.2. The lowest BCUT2D eigenvalue weighted by molar-refractivity contribution is 0.564. The van der Waals surface area contributed by atoms with E-state index in [1.807, 2.05) is 18.3 Å². The minimum atomic E-state index is -0.00461. The molecular formula is C23H26N4S. The number of nitrogens with one attached hydrogen (secondary N) is 1. The van der Waals surface area contributed by atoms with Crippen molar-refractivity contribution in [1.29, 1.82) is 0 Å². The summed E-state index contributed by atoms with van der Waals surface area (Å²) < 4.78 is 2.24. The molecule has 0 bridgehead atoms. The van der Waals surface area contributed by atoms with Gasteiger partial charge in [-0.05, 0) is 86.9 Å². The van der Waals surface area contributed by atoms with Crippen LogP contribution < -0.4 is 10.2 Å². The zero-order chi connectivity index (χ0) is 20.0. The van der Waals surface area contributed by atoms with Gasteiger partial charge in [-0.15, -0.1) is 0 Å². The topological polar surface area (TPSA) is 33.1 Å². The third-order valence-corrected chi connectivity index (χ3v) is 6.03. The summed E-state index contributed by atoms with van der Waals surface area (Å²) in [5.74, 6) is 0. The Labute approximate surface area is 172 Å². The lowest BCUT2D eigenvalue weighted by atomic mass is 9.96. The van der Waals surface area contributed by atoms with Crippen molar-refractivity contribution in [2.45, 2.75) is 39.8 Å². The third-order valence-electron chi connectivity index (χ3n) is 5.72. The van der Waals surface area contributed by atoms with E-state index in [4.69, 9.17) is 12.2 Å². The van der Waals surface area contributed by atoms with Crippen molar-refractivity contribution < 1.29 is 0 Å². The van der Waals surface area contributed by atoms with E-state index in [0.29, 0.717) is 0 Å². The summed E-state index contributed by atoms with van der Waals surface area (Å²) in [7, 11) is 2.12. The molecule has 0 unspecified atom stereocenters. The van der Waals surface area contributed by atoms with Crippen LogP contribution in [0.4, 0.5) is 5.69 Å². The highest BCUT2D eigenvalue weighted by Crippen LogP contribution is 2.43. The van der Waals surface area contributed by atoms with Crippen LogP contribution in [0.15, 0.2) is 48.7 Å². The van der Waals surface area contributed by atoms with Crippen LogP contribution in [0, 0.1) is 27.7 Å². The number of hydrogen-bond acceptors (Lipinski definition) is 2. The Morgan fingerprint density at radius 3 is 2.29 bits per heavy atom. The Hall–Kier alpha value is -2.66. The third kappa shape index (κ3) is 3.10. The number of benzene rings is 1. The highest BCUT2D eigenvalue weighted by molar-refractivity contribution is 7.80. The number of aromatic nitrogens is 2. The summed E-state index contributed by atoms with van der Waals surface area (Å²) in [4.78, 5) is 6.90. The largest absolute Gasteiger partial charge is 0.352 e. The number of thiocarbonyl (C=S) groups is 1. The van der Waals surface area contributed by atoms with Gasteiger partial charge in [-0.3, -0.25) is 4.98 Å². The second-order valence-electron chi connectivity index (χ2n) is 7.73. The van der Waals surface area contributed by atoms with E-state index >= 15 is 0 Å². The van der Waals surface area contributed by atoms with Crippen molar-refractivity contribution in [1.82, 2.24) is 14.9 Å². The molecule has 1 aliphatic rings. The second kappa shape index (κ2) is 7.06. The average molecular weight is 391 g/mol.